The number of hydrogen-bond acceptors (Lipinski definition) is 14. The highest BCUT2D eigenvalue weighted by Crippen LogP contribution is 2.14. The Labute approximate surface area is 394 Å². The van der Waals surface area contributed by atoms with Crippen molar-refractivity contribution in [1.29, 1.82) is 0 Å². The molecule has 0 bridgehead atoms. The SMILES string of the molecule is CCCCCCCCCCCCCCCCCCOCCOCCOCCOCCOCCOCCOCCOCCOCCOCCOCCOCCNC(=O)OCc1ccccc1. The van der Waals surface area contributed by atoms with Gasteiger partial charge in [-0.3, -0.25) is 0 Å². The van der Waals surface area contributed by atoms with E-state index in [1.54, 1.807) is 0 Å². The summed E-state index contributed by atoms with van der Waals surface area (Å²) in [6.07, 6.45) is 21.7. The Morgan fingerprint density at radius 2 is 0.600 bits per heavy atom. The van der Waals surface area contributed by atoms with Crippen LogP contribution in [0.4, 0.5) is 4.79 Å². The molecule has 1 aromatic rings. The van der Waals surface area contributed by atoms with E-state index in [0.717, 1.165) is 18.6 Å². The summed E-state index contributed by atoms with van der Waals surface area (Å²) in [5.41, 5.74) is 0.938. The van der Waals surface area contributed by atoms with Gasteiger partial charge in [-0.05, 0) is 12.0 Å². The van der Waals surface area contributed by atoms with E-state index in [4.69, 9.17) is 61.6 Å². The molecule has 1 rings (SSSR count). The van der Waals surface area contributed by atoms with Crippen LogP contribution < -0.4 is 5.32 Å². The van der Waals surface area contributed by atoms with Crippen molar-refractivity contribution in [3.8, 4) is 0 Å². The Morgan fingerprint density at radius 1 is 0.338 bits per heavy atom. The average Bonchev–Trinajstić information content (AvgIpc) is 3.32. The quantitative estimate of drug-likeness (QED) is 0.0624. The van der Waals surface area contributed by atoms with Crippen molar-refractivity contribution in [2.24, 2.45) is 0 Å². The molecule has 65 heavy (non-hydrogen) atoms. The molecule has 1 N–H and O–H groups in total. The van der Waals surface area contributed by atoms with Gasteiger partial charge < -0.3 is 66.9 Å². The molecule has 0 aliphatic carbocycles. The van der Waals surface area contributed by atoms with E-state index >= 15 is 0 Å². The number of carbonyl (C=O) groups excluding carboxylic acids is 1. The van der Waals surface area contributed by atoms with E-state index in [1.807, 2.05) is 30.3 Å². The van der Waals surface area contributed by atoms with Gasteiger partial charge in [-0.1, -0.05) is 134 Å². The Balaban J connectivity index is 1.60. The summed E-state index contributed by atoms with van der Waals surface area (Å²) in [6.45, 7) is 15.4. The van der Waals surface area contributed by atoms with Crippen molar-refractivity contribution >= 4 is 6.09 Å². The van der Waals surface area contributed by atoms with Gasteiger partial charge in [0, 0.05) is 13.2 Å². The van der Waals surface area contributed by atoms with Crippen LogP contribution in [0.25, 0.3) is 0 Å². The first-order valence-corrected chi connectivity index (χ1v) is 25.2. The van der Waals surface area contributed by atoms with Crippen molar-refractivity contribution in [2.75, 3.05) is 165 Å². The second-order valence-electron chi connectivity index (χ2n) is 15.6. The summed E-state index contributed by atoms with van der Waals surface area (Å²) in [6, 6.07) is 9.52. The lowest BCUT2D eigenvalue weighted by Crippen LogP contribution is -2.28. The zero-order valence-corrected chi connectivity index (χ0v) is 40.8. The molecule has 0 spiro atoms. The molecule has 0 unspecified atom stereocenters. The fraction of sp³-hybridized carbons (Fsp3) is 0.860. The van der Waals surface area contributed by atoms with Gasteiger partial charge in [0.2, 0.25) is 0 Å². The van der Waals surface area contributed by atoms with Gasteiger partial charge in [0.25, 0.3) is 0 Å². The minimum atomic E-state index is -0.468. The molecule has 0 aliphatic heterocycles. The average molecular weight is 932 g/mol. The van der Waals surface area contributed by atoms with Crippen molar-refractivity contribution in [2.45, 2.75) is 116 Å². The molecule has 1 amide bonds. The van der Waals surface area contributed by atoms with Crippen LogP contribution >= 0.6 is 0 Å². The van der Waals surface area contributed by atoms with Crippen LogP contribution in [0.1, 0.15) is 115 Å². The molecule has 0 aromatic heterocycles. The molecule has 15 nitrogen and oxygen atoms in total. The summed E-state index contributed by atoms with van der Waals surface area (Å²) < 4.78 is 71.5. The predicted molar refractivity (Wildman–Crippen MR) is 254 cm³/mol. The van der Waals surface area contributed by atoms with Crippen LogP contribution in [-0.2, 0) is 68.2 Å². The number of ether oxygens (including phenoxy) is 13. The highest BCUT2D eigenvalue weighted by atomic mass is 16.6. The van der Waals surface area contributed by atoms with Gasteiger partial charge in [-0.25, -0.2) is 4.79 Å². The molecule has 15 heteroatoms. The number of nitrogens with one attached hydrogen (secondary N) is 1. The van der Waals surface area contributed by atoms with E-state index in [2.05, 4.69) is 12.2 Å². The number of benzene rings is 1. The fourth-order valence-electron chi connectivity index (χ4n) is 6.27. The smallest absolute Gasteiger partial charge is 0.407 e. The van der Waals surface area contributed by atoms with Crippen LogP contribution in [0.2, 0.25) is 0 Å². The predicted octanol–water partition coefficient (Wildman–Crippen LogP) is 8.37. The maximum atomic E-state index is 11.7. The molecule has 0 heterocycles. The van der Waals surface area contributed by atoms with Crippen LogP contribution in [-0.4, -0.2) is 171 Å². The largest absolute Gasteiger partial charge is 0.445 e. The van der Waals surface area contributed by atoms with E-state index in [9.17, 15) is 4.79 Å². The van der Waals surface area contributed by atoms with Crippen molar-refractivity contribution in [1.82, 2.24) is 5.32 Å². The summed E-state index contributed by atoms with van der Waals surface area (Å²) in [5.74, 6) is 0. The number of amides is 1. The number of unbranched alkanes of at least 4 members (excludes halogenated alkanes) is 15. The molecule has 0 atom stereocenters. The maximum absolute atomic E-state index is 11.7. The Bertz CT molecular complexity index is 1050. The minimum absolute atomic E-state index is 0.237. The normalized spacial score (nSPS) is 11.5. The van der Waals surface area contributed by atoms with Gasteiger partial charge >= 0.3 is 6.09 Å². The molecule has 382 valence electrons. The summed E-state index contributed by atoms with van der Waals surface area (Å²) in [4.78, 5) is 11.7. The topological polar surface area (TPSA) is 149 Å². The van der Waals surface area contributed by atoms with Crippen LogP contribution in [0.5, 0.6) is 0 Å². The lowest BCUT2D eigenvalue weighted by Gasteiger charge is -2.09. The van der Waals surface area contributed by atoms with Gasteiger partial charge in [0.15, 0.2) is 0 Å². The third-order valence-electron chi connectivity index (χ3n) is 9.96. The molecular weight excluding hydrogens is 839 g/mol. The lowest BCUT2D eigenvalue weighted by molar-refractivity contribution is -0.0283. The van der Waals surface area contributed by atoms with E-state index < -0.39 is 6.09 Å². The number of rotatable bonds is 55. The second-order valence-corrected chi connectivity index (χ2v) is 15.6. The summed E-state index contributed by atoms with van der Waals surface area (Å²) in [5, 5.41) is 2.65. The van der Waals surface area contributed by atoms with Gasteiger partial charge in [-0.15, -0.1) is 0 Å². The van der Waals surface area contributed by atoms with E-state index in [1.165, 1.54) is 96.3 Å². The van der Waals surface area contributed by atoms with Crippen molar-refractivity contribution in [3.05, 3.63) is 35.9 Å². The molecule has 1 aromatic carbocycles. The van der Waals surface area contributed by atoms with E-state index in [0.29, 0.717) is 159 Å². The molecule has 0 saturated heterocycles. The number of alkyl carbamates (subject to hydrolysis) is 1. The molecule has 0 saturated carbocycles. The minimum Gasteiger partial charge on any atom is -0.445 e. The van der Waals surface area contributed by atoms with Gasteiger partial charge in [0.05, 0.1) is 152 Å². The Kier molecular flexibility index (Phi) is 51.3. The molecule has 0 fully saturated rings. The monoisotopic (exact) mass is 932 g/mol. The highest BCUT2D eigenvalue weighted by molar-refractivity contribution is 5.67. The third kappa shape index (κ3) is 51.2. The van der Waals surface area contributed by atoms with E-state index in [-0.39, 0.29) is 6.61 Å². The van der Waals surface area contributed by atoms with Crippen LogP contribution in [0.15, 0.2) is 30.3 Å². The van der Waals surface area contributed by atoms with Crippen LogP contribution in [0, 0.1) is 0 Å². The highest BCUT2D eigenvalue weighted by Gasteiger charge is 2.02. The molecular formula is C50H93NO14. The zero-order valence-electron chi connectivity index (χ0n) is 40.8. The third-order valence-corrected chi connectivity index (χ3v) is 9.96. The standard InChI is InChI=1S/C50H93NO14/c1-2-3-4-5-6-7-8-9-10-11-12-13-14-15-16-20-24-53-26-28-55-30-32-57-34-36-59-38-40-61-42-44-63-46-47-64-45-43-62-41-39-60-37-35-58-33-31-56-29-27-54-25-23-51-50(52)65-48-49-21-18-17-19-22-49/h17-19,21-22H,2-16,20,23-48H2,1H3,(H,51,52). The summed E-state index contributed by atoms with van der Waals surface area (Å²) >= 11 is 0. The first-order valence-electron chi connectivity index (χ1n) is 25.2. The first-order chi connectivity index (χ1) is 32.3. The molecule has 0 radical (unpaired) electrons. The lowest BCUT2D eigenvalue weighted by atomic mass is 10.0. The van der Waals surface area contributed by atoms with Gasteiger partial charge in [0.1, 0.15) is 6.61 Å². The first kappa shape index (κ1) is 61.0. The molecule has 0 aliphatic rings. The van der Waals surface area contributed by atoms with Crippen LogP contribution in [0.3, 0.4) is 0 Å². The number of carbonyl (C=O) groups is 1. The van der Waals surface area contributed by atoms with Crippen molar-refractivity contribution < 1.29 is 66.4 Å². The Morgan fingerprint density at radius 3 is 0.908 bits per heavy atom. The maximum Gasteiger partial charge on any atom is 0.407 e. The van der Waals surface area contributed by atoms with Gasteiger partial charge in [-0.2, -0.15) is 0 Å². The second kappa shape index (κ2) is 54.6. The fourth-order valence-corrected chi connectivity index (χ4v) is 6.27. The van der Waals surface area contributed by atoms with Crippen molar-refractivity contribution in [3.63, 3.8) is 0 Å². The number of hydrogen-bond donors (Lipinski definition) is 1. The summed E-state index contributed by atoms with van der Waals surface area (Å²) in [7, 11) is 0. The zero-order chi connectivity index (χ0) is 46.3. The Hall–Kier alpha value is -1.99.